The van der Waals surface area contributed by atoms with Crippen molar-refractivity contribution < 1.29 is 9.53 Å². The van der Waals surface area contributed by atoms with Crippen molar-refractivity contribution in [1.82, 2.24) is 15.5 Å². The summed E-state index contributed by atoms with van der Waals surface area (Å²) < 4.78 is 5.65. The van der Waals surface area contributed by atoms with Gasteiger partial charge in [0.1, 0.15) is 6.10 Å². The number of carbonyl (C=O) groups excluding carboxylic acids is 1. The predicted octanol–water partition coefficient (Wildman–Crippen LogP) is 2.60. The number of benzene rings is 1. The van der Waals surface area contributed by atoms with Gasteiger partial charge in [-0.2, -0.15) is 0 Å². The quantitative estimate of drug-likeness (QED) is 0.597. The van der Waals surface area contributed by atoms with Gasteiger partial charge in [-0.1, -0.05) is 23.7 Å². The Morgan fingerprint density at radius 2 is 2.37 bits per heavy atom. The van der Waals surface area contributed by atoms with Crippen LogP contribution in [0.5, 0.6) is 0 Å². The smallest absolute Gasteiger partial charge is 0.220 e. The number of ether oxygens (including phenoxy) is 1. The Bertz CT molecular complexity index is 696. The molecule has 6 nitrogen and oxygen atoms in total. The Hall–Kier alpha value is -1.79. The van der Waals surface area contributed by atoms with Gasteiger partial charge in [0.05, 0.1) is 6.54 Å². The molecule has 1 amide bonds. The molecule has 0 radical (unpaired) electrons. The molecule has 0 aromatic heterocycles. The summed E-state index contributed by atoms with van der Waals surface area (Å²) in [6, 6.07) is 7.71. The fraction of sp³-hybridized carbons (Fsp3) is 0.600. The lowest BCUT2D eigenvalue weighted by Gasteiger charge is -2.41. The van der Waals surface area contributed by atoms with E-state index in [0.29, 0.717) is 18.0 Å². The number of piperidine rings is 1. The number of likely N-dealkylation sites (tertiary alicyclic amines) is 1. The number of halogens is 1. The highest BCUT2D eigenvalue weighted by atomic mass is 35.5. The third-order valence-corrected chi connectivity index (χ3v) is 5.64. The second kappa shape index (κ2) is 8.93. The zero-order valence-electron chi connectivity index (χ0n) is 16.1. The van der Waals surface area contributed by atoms with Gasteiger partial charge in [-0.25, -0.2) is 0 Å². The van der Waals surface area contributed by atoms with E-state index in [1.165, 1.54) is 0 Å². The molecular weight excluding hydrogens is 364 g/mol. The molecule has 2 N–H and O–H groups in total. The van der Waals surface area contributed by atoms with Crippen molar-refractivity contribution in [3.63, 3.8) is 0 Å². The fourth-order valence-electron chi connectivity index (χ4n) is 4.05. The fourth-order valence-corrected chi connectivity index (χ4v) is 4.25. The Morgan fingerprint density at radius 3 is 3.04 bits per heavy atom. The topological polar surface area (TPSA) is 66.0 Å². The number of hydrogen-bond donors (Lipinski definition) is 2. The minimum absolute atomic E-state index is 0.0408. The molecule has 1 aromatic carbocycles. The van der Waals surface area contributed by atoms with Crippen molar-refractivity contribution >= 4 is 23.5 Å². The minimum Gasteiger partial charge on any atom is -0.375 e. The van der Waals surface area contributed by atoms with Crippen LogP contribution in [0.15, 0.2) is 29.3 Å². The SMILES string of the molecule is CCNC(=NCC(OC)c1cccc(Cl)c1)N1CCCC2(CNC(=O)C2)C1. The van der Waals surface area contributed by atoms with Gasteiger partial charge >= 0.3 is 0 Å². The number of amides is 1. The lowest BCUT2D eigenvalue weighted by molar-refractivity contribution is -0.119. The van der Waals surface area contributed by atoms with E-state index in [4.69, 9.17) is 21.3 Å². The molecule has 148 valence electrons. The van der Waals surface area contributed by atoms with Crippen LogP contribution in [0.4, 0.5) is 0 Å². The predicted molar refractivity (Wildman–Crippen MR) is 108 cm³/mol. The first-order valence-corrected chi connectivity index (χ1v) is 10.0. The van der Waals surface area contributed by atoms with E-state index in [1.807, 2.05) is 24.3 Å². The lowest BCUT2D eigenvalue weighted by Crippen LogP contribution is -2.51. The van der Waals surface area contributed by atoms with Crippen LogP contribution in [-0.2, 0) is 9.53 Å². The van der Waals surface area contributed by atoms with Crippen molar-refractivity contribution in [2.45, 2.75) is 32.3 Å². The molecule has 1 aromatic rings. The lowest BCUT2D eigenvalue weighted by atomic mass is 9.79. The largest absolute Gasteiger partial charge is 0.375 e. The molecule has 7 heteroatoms. The van der Waals surface area contributed by atoms with Crippen LogP contribution >= 0.6 is 11.6 Å². The van der Waals surface area contributed by atoms with E-state index >= 15 is 0 Å². The maximum atomic E-state index is 11.8. The van der Waals surface area contributed by atoms with Gasteiger partial charge in [0.25, 0.3) is 0 Å². The summed E-state index contributed by atoms with van der Waals surface area (Å²) >= 11 is 6.12. The van der Waals surface area contributed by atoms with Gasteiger partial charge in [0.15, 0.2) is 5.96 Å². The molecule has 2 aliphatic rings. The summed E-state index contributed by atoms with van der Waals surface area (Å²) in [5, 5.41) is 7.10. The third-order valence-electron chi connectivity index (χ3n) is 5.40. The van der Waals surface area contributed by atoms with Crippen molar-refractivity contribution in [3.8, 4) is 0 Å². The van der Waals surface area contributed by atoms with E-state index < -0.39 is 0 Å². The average molecular weight is 393 g/mol. The minimum atomic E-state index is -0.147. The number of carbonyl (C=O) groups is 1. The van der Waals surface area contributed by atoms with Crippen molar-refractivity contribution in [3.05, 3.63) is 34.9 Å². The summed E-state index contributed by atoms with van der Waals surface area (Å²) in [5.74, 6) is 1.05. The highest BCUT2D eigenvalue weighted by molar-refractivity contribution is 6.30. The molecular formula is C20H29ClN4O2. The summed E-state index contributed by atoms with van der Waals surface area (Å²) in [4.78, 5) is 18.9. The van der Waals surface area contributed by atoms with Crippen LogP contribution in [0.2, 0.25) is 5.02 Å². The first kappa shape index (κ1) is 20.0. The Balaban J connectivity index is 1.72. The number of hydrogen-bond acceptors (Lipinski definition) is 3. The number of nitrogens with one attached hydrogen (secondary N) is 2. The highest BCUT2D eigenvalue weighted by Gasteiger charge is 2.42. The number of nitrogens with zero attached hydrogens (tertiary/aromatic N) is 2. The Morgan fingerprint density at radius 1 is 1.52 bits per heavy atom. The molecule has 2 aliphatic heterocycles. The van der Waals surface area contributed by atoms with E-state index in [1.54, 1.807) is 7.11 Å². The maximum Gasteiger partial charge on any atom is 0.220 e. The second-order valence-corrected chi connectivity index (χ2v) is 7.89. The number of guanidine groups is 1. The molecule has 2 atom stereocenters. The zero-order chi connectivity index (χ0) is 19.3. The average Bonchev–Trinajstić information content (AvgIpc) is 3.01. The normalized spacial score (nSPS) is 24.2. The number of rotatable bonds is 5. The first-order valence-electron chi connectivity index (χ1n) is 9.63. The van der Waals surface area contributed by atoms with E-state index in [-0.39, 0.29) is 17.4 Å². The molecule has 3 rings (SSSR count). The molecule has 1 spiro atoms. The van der Waals surface area contributed by atoms with E-state index in [0.717, 1.165) is 50.5 Å². The molecule has 0 aliphatic carbocycles. The van der Waals surface area contributed by atoms with Crippen LogP contribution in [0.25, 0.3) is 0 Å². The van der Waals surface area contributed by atoms with E-state index in [9.17, 15) is 4.79 Å². The standard InChI is InChI=1S/C20H29ClN4O2/c1-3-22-19(23-12-17(27-2)15-6-4-7-16(21)10-15)25-9-5-8-20(14-25)11-18(26)24-13-20/h4,6-7,10,17H,3,5,8-9,11-14H2,1-2H3,(H,22,23)(H,24,26). The summed E-state index contributed by atoms with van der Waals surface area (Å²) in [6.07, 6.45) is 2.63. The number of aliphatic imine (C=N–C) groups is 1. The molecule has 2 unspecified atom stereocenters. The van der Waals surface area contributed by atoms with Crippen molar-refractivity contribution in [2.75, 3.05) is 39.8 Å². The highest BCUT2D eigenvalue weighted by Crippen LogP contribution is 2.36. The summed E-state index contributed by atoms with van der Waals surface area (Å²) in [7, 11) is 1.69. The van der Waals surface area contributed by atoms with Gasteiger partial charge in [0.2, 0.25) is 5.91 Å². The second-order valence-electron chi connectivity index (χ2n) is 7.45. The van der Waals surface area contributed by atoms with Gasteiger partial charge in [0, 0.05) is 50.1 Å². The van der Waals surface area contributed by atoms with Gasteiger partial charge in [-0.05, 0) is 37.5 Å². The monoisotopic (exact) mass is 392 g/mol. The number of methoxy groups -OCH3 is 1. The van der Waals surface area contributed by atoms with Crippen molar-refractivity contribution in [1.29, 1.82) is 0 Å². The molecule has 2 saturated heterocycles. The van der Waals surface area contributed by atoms with Gasteiger partial charge in [-0.3, -0.25) is 9.79 Å². The van der Waals surface area contributed by atoms with Crippen LogP contribution in [0.3, 0.4) is 0 Å². The van der Waals surface area contributed by atoms with Crippen molar-refractivity contribution in [2.24, 2.45) is 10.4 Å². The third kappa shape index (κ3) is 4.93. The zero-order valence-corrected chi connectivity index (χ0v) is 16.9. The molecule has 0 bridgehead atoms. The van der Waals surface area contributed by atoms with Crippen LogP contribution in [0, 0.1) is 5.41 Å². The van der Waals surface area contributed by atoms with Gasteiger partial charge in [-0.15, -0.1) is 0 Å². The molecule has 2 fully saturated rings. The van der Waals surface area contributed by atoms with Gasteiger partial charge < -0.3 is 20.3 Å². The summed E-state index contributed by atoms with van der Waals surface area (Å²) in [6.45, 7) is 5.96. The first-order chi connectivity index (χ1) is 13.0. The van der Waals surface area contributed by atoms with E-state index in [2.05, 4.69) is 22.5 Å². The van der Waals surface area contributed by atoms with Crippen LogP contribution < -0.4 is 10.6 Å². The molecule has 2 heterocycles. The maximum absolute atomic E-state index is 11.8. The Kier molecular flexibility index (Phi) is 6.60. The van der Waals surface area contributed by atoms with Crippen LogP contribution in [-0.4, -0.2) is 56.6 Å². The summed E-state index contributed by atoms with van der Waals surface area (Å²) in [5.41, 5.74) is 1.06. The van der Waals surface area contributed by atoms with Crippen LogP contribution in [0.1, 0.15) is 37.9 Å². The molecule has 27 heavy (non-hydrogen) atoms. The Labute approximate surface area is 166 Å². The molecule has 0 saturated carbocycles.